The molecular weight excluding hydrogens is 282 g/mol. The van der Waals surface area contributed by atoms with Crippen LogP contribution in [0.2, 0.25) is 0 Å². The fourth-order valence-electron chi connectivity index (χ4n) is 1.83. The van der Waals surface area contributed by atoms with Crippen LogP contribution < -0.4 is 5.32 Å². The molecule has 0 spiro atoms. The second-order valence-corrected chi connectivity index (χ2v) is 4.35. The van der Waals surface area contributed by atoms with Crippen molar-refractivity contribution in [2.75, 3.05) is 11.9 Å². The molecule has 2 aromatic carbocycles. The number of non-ortho nitro benzene ring substituents is 1. The van der Waals surface area contributed by atoms with E-state index in [4.69, 9.17) is 0 Å². The van der Waals surface area contributed by atoms with Crippen LogP contribution in [0.25, 0.3) is 0 Å². The molecule has 0 saturated carbocycles. The third-order valence-electron chi connectivity index (χ3n) is 2.89. The molecule has 0 aromatic heterocycles. The lowest BCUT2D eigenvalue weighted by Crippen LogP contribution is -2.14. The molecule has 0 saturated heterocycles. The van der Waals surface area contributed by atoms with Gasteiger partial charge in [0.2, 0.25) is 0 Å². The van der Waals surface area contributed by atoms with E-state index in [0.29, 0.717) is 17.7 Å². The van der Waals surface area contributed by atoms with Crippen LogP contribution in [0.3, 0.4) is 0 Å². The Labute approximate surface area is 119 Å². The van der Waals surface area contributed by atoms with Gasteiger partial charge in [-0.25, -0.2) is 8.78 Å². The molecule has 1 unspecified atom stereocenters. The molecule has 0 bridgehead atoms. The Bertz CT molecular complexity index is 627. The van der Waals surface area contributed by atoms with Gasteiger partial charge in [0.1, 0.15) is 5.69 Å². The van der Waals surface area contributed by atoms with E-state index in [1.165, 1.54) is 0 Å². The number of nitro groups is 1. The number of nitro benzene ring substituents is 1. The molecule has 21 heavy (non-hydrogen) atoms. The van der Waals surface area contributed by atoms with E-state index in [-0.39, 0.29) is 6.54 Å². The molecule has 2 rings (SSSR count). The molecular formula is C14H12F2N2O3. The summed E-state index contributed by atoms with van der Waals surface area (Å²) in [4.78, 5) is 9.60. The Morgan fingerprint density at radius 3 is 2.29 bits per heavy atom. The van der Waals surface area contributed by atoms with E-state index in [1.807, 2.05) is 0 Å². The number of anilines is 1. The Morgan fingerprint density at radius 1 is 1.19 bits per heavy atom. The summed E-state index contributed by atoms with van der Waals surface area (Å²) < 4.78 is 27.3. The van der Waals surface area contributed by atoms with Crippen LogP contribution in [0, 0.1) is 21.7 Å². The van der Waals surface area contributed by atoms with Gasteiger partial charge in [-0.2, -0.15) is 0 Å². The SMILES string of the molecule is O=[N+]([O-])c1cc(F)c(NCC(O)c2ccccc2)c(F)c1. The van der Waals surface area contributed by atoms with Crippen molar-refractivity contribution in [2.45, 2.75) is 6.10 Å². The first-order valence-corrected chi connectivity index (χ1v) is 6.09. The second-order valence-electron chi connectivity index (χ2n) is 4.35. The first-order valence-electron chi connectivity index (χ1n) is 6.09. The molecule has 7 heteroatoms. The number of nitrogens with one attached hydrogen (secondary N) is 1. The highest BCUT2D eigenvalue weighted by atomic mass is 19.1. The van der Waals surface area contributed by atoms with Crippen LogP contribution in [-0.4, -0.2) is 16.6 Å². The van der Waals surface area contributed by atoms with Crippen molar-refractivity contribution in [3.05, 3.63) is 69.8 Å². The van der Waals surface area contributed by atoms with Crippen molar-refractivity contribution in [1.82, 2.24) is 0 Å². The molecule has 0 aliphatic heterocycles. The zero-order valence-corrected chi connectivity index (χ0v) is 10.8. The number of hydrogen-bond acceptors (Lipinski definition) is 4. The van der Waals surface area contributed by atoms with Gasteiger partial charge in [-0.05, 0) is 5.56 Å². The summed E-state index contributed by atoms with van der Waals surface area (Å²) in [7, 11) is 0. The average Bonchev–Trinajstić information content (AvgIpc) is 2.46. The van der Waals surface area contributed by atoms with Crippen molar-refractivity contribution >= 4 is 11.4 Å². The largest absolute Gasteiger partial charge is 0.387 e. The number of aliphatic hydroxyl groups excluding tert-OH is 1. The summed E-state index contributed by atoms with van der Waals surface area (Å²) in [5.41, 5.74) is -0.581. The van der Waals surface area contributed by atoms with Gasteiger partial charge in [-0.1, -0.05) is 30.3 Å². The number of aliphatic hydroxyl groups is 1. The Balaban J connectivity index is 2.12. The highest BCUT2D eigenvalue weighted by Crippen LogP contribution is 2.25. The van der Waals surface area contributed by atoms with Gasteiger partial charge in [0.05, 0.1) is 23.2 Å². The lowest BCUT2D eigenvalue weighted by molar-refractivity contribution is -0.385. The molecule has 2 N–H and O–H groups in total. The molecule has 2 aromatic rings. The standard InChI is InChI=1S/C14H12F2N2O3/c15-11-6-10(18(20)21)7-12(16)14(11)17-8-13(19)9-4-2-1-3-5-9/h1-7,13,17,19H,8H2. The Kier molecular flexibility index (Phi) is 4.44. The van der Waals surface area contributed by atoms with E-state index in [0.717, 1.165) is 0 Å². The molecule has 1 atom stereocenters. The van der Waals surface area contributed by atoms with Gasteiger partial charge in [0, 0.05) is 6.54 Å². The monoisotopic (exact) mass is 294 g/mol. The minimum Gasteiger partial charge on any atom is -0.387 e. The van der Waals surface area contributed by atoms with Gasteiger partial charge >= 0.3 is 0 Å². The lowest BCUT2D eigenvalue weighted by atomic mass is 10.1. The van der Waals surface area contributed by atoms with E-state index < -0.39 is 34.0 Å². The van der Waals surface area contributed by atoms with Crippen molar-refractivity contribution in [3.63, 3.8) is 0 Å². The summed E-state index contributed by atoms with van der Waals surface area (Å²) in [6.07, 6.45) is -0.958. The molecule has 5 nitrogen and oxygen atoms in total. The van der Waals surface area contributed by atoms with Crippen LogP contribution in [0.15, 0.2) is 42.5 Å². The average molecular weight is 294 g/mol. The summed E-state index contributed by atoms with van der Waals surface area (Å²) in [5, 5.41) is 22.8. The molecule has 0 fully saturated rings. The maximum absolute atomic E-state index is 13.6. The smallest absolute Gasteiger partial charge is 0.275 e. The molecule has 0 aliphatic carbocycles. The van der Waals surface area contributed by atoms with E-state index in [2.05, 4.69) is 5.32 Å². The highest BCUT2D eigenvalue weighted by molar-refractivity contribution is 5.51. The number of benzene rings is 2. The van der Waals surface area contributed by atoms with Crippen molar-refractivity contribution in [2.24, 2.45) is 0 Å². The molecule has 110 valence electrons. The summed E-state index contributed by atoms with van der Waals surface area (Å²) >= 11 is 0. The first kappa shape index (κ1) is 14.9. The fraction of sp³-hybridized carbons (Fsp3) is 0.143. The van der Waals surface area contributed by atoms with Crippen molar-refractivity contribution in [3.8, 4) is 0 Å². The molecule has 0 radical (unpaired) electrons. The van der Waals surface area contributed by atoms with Gasteiger partial charge < -0.3 is 10.4 Å². The zero-order chi connectivity index (χ0) is 15.4. The molecule has 0 heterocycles. The van der Waals surface area contributed by atoms with Crippen molar-refractivity contribution in [1.29, 1.82) is 0 Å². The van der Waals surface area contributed by atoms with Gasteiger partial charge in [-0.3, -0.25) is 10.1 Å². The zero-order valence-electron chi connectivity index (χ0n) is 10.8. The Morgan fingerprint density at radius 2 is 1.76 bits per heavy atom. The molecule has 0 amide bonds. The minimum atomic E-state index is -1.08. The number of halogens is 2. The summed E-state index contributed by atoms with van der Waals surface area (Å²) in [6.45, 7) is -0.129. The maximum Gasteiger partial charge on any atom is 0.275 e. The van der Waals surface area contributed by atoms with Gasteiger partial charge in [0.15, 0.2) is 11.6 Å². The van der Waals surface area contributed by atoms with E-state index >= 15 is 0 Å². The molecule has 0 aliphatic rings. The summed E-state index contributed by atoms with van der Waals surface area (Å²) in [6, 6.07) is 9.83. The van der Waals surface area contributed by atoms with Crippen LogP contribution in [-0.2, 0) is 0 Å². The fourth-order valence-corrected chi connectivity index (χ4v) is 1.83. The third kappa shape index (κ3) is 3.51. The van der Waals surface area contributed by atoms with Gasteiger partial charge in [0.25, 0.3) is 5.69 Å². The number of hydrogen-bond donors (Lipinski definition) is 2. The van der Waals surface area contributed by atoms with Crippen LogP contribution in [0.5, 0.6) is 0 Å². The second kappa shape index (κ2) is 6.27. The van der Waals surface area contributed by atoms with Crippen LogP contribution in [0.1, 0.15) is 11.7 Å². The minimum absolute atomic E-state index is 0.129. The van der Waals surface area contributed by atoms with E-state index in [9.17, 15) is 24.0 Å². The summed E-state index contributed by atoms with van der Waals surface area (Å²) in [5.74, 6) is -2.16. The third-order valence-corrected chi connectivity index (χ3v) is 2.89. The number of nitrogens with zero attached hydrogens (tertiary/aromatic N) is 1. The number of rotatable bonds is 5. The maximum atomic E-state index is 13.6. The van der Waals surface area contributed by atoms with Crippen LogP contribution in [0.4, 0.5) is 20.2 Å². The van der Waals surface area contributed by atoms with E-state index in [1.54, 1.807) is 30.3 Å². The topological polar surface area (TPSA) is 75.4 Å². The predicted octanol–water partition coefficient (Wildman–Crippen LogP) is 3.02. The van der Waals surface area contributed by atoms with Crippen LogP contribution >= 0.6 is 0 Å². The predicted molar refractivity (Wildman–Crippen MR) is 72.9 cm³/mol. The first-order chi connectivity index (χ1) is 9.99. The highest BCUT2D eigenvalue weighted by Gasteiger charge is 2.17. The normalized spacial score (nSPS) is 12.0. The quantitative estimate of drug-likeness (QED) is 0.656. The van der Waals surface area contributed by atoms with Crippen molar-refractivity contribution < 1.29 is 18.8 Å². The van der Waals surface area contributed by atoms with Gasteiger partial charge in [-0.15, -0.1) is 0 Å². The lowest BCUT2D eigenvalue weighted by Gasteiger charge is -2.14. The Hall–Kier alpha value is -2.54.